The molecule has 2 fully saturated rings. The maximum Gasteiger partial charge on any atom is 0.245 e. The average molecular weight is 587 g/mol. The zero-order valence-corrected chi connectivity index (χ0v) is 26.9. The van der Waals surface area contributed by atoms with Crippen molar-refractivity contribution < 1.29 is 14.4 Å². The van der Waals surface area contributed by atoms with Crippen LogP contribution in [0.15, 0.2) is 24.5 Å². The van der Waals surface area contributed by atoms with E-state index in [9.17, 15) is 14.4 Å². The van der Waals surface area contributed by atoms with Crippen LogP contribution in [0, 0.1) is 31.1 Å². The van der Waals surface area contributed by atoms with Crippen molar-refractivity contribution in [2.24, 2.45) is 17.3 Å². The minimum absolute atomic E-state index is 0.0270. The number of likely N-dealkylation sites (tertiary alicyclic amines) is 1. The van der Waals surface area contributed by atoms with E-state index >= 15 is 0 Å². The van der Waals surface area contributed by atoms with Crippen molar-refractivity contribution in [1.29, 1.82) is 0 Å². The highest BCUT2D eigenvalue weighted by molar-refractivity contribution is 6.07. The number of nitrogens with zero attached hydrogens (tertiary/aromatic N) is 5. The molecule has 1 aliphatic heterocycles. The molecule has 1 saturated carbocycles. The number of piperidine rings is 1. The Kier molecular flexibility index (Phi) is 8.47. The number of nitrogens with one attached hydrogen (secondary N) is 1. The van der Waals surface area contributed by atoms with Gasteiger partial charge >= 0.3 is 0 Å². The molecular weight excluding hydrogens is 540 g/mol. The maximum absolute atomic E-state index is 14.0. The third-order valence-electron chi connectivity index (χ3n) is 9.19. The predicted molar refractivity (Wildman–Crippen MR) is 167 cm³/mol. The second-order valence-corrected chi connectivity index (χ2v) is 14.0. The Bertz CT molecular complexity index is 1540. The van der Waals surface area contributed by atoms with Gasteiger partial charge < -0.3 is 10.2 Å². The van der Waals surface area contributed by atoms with Crippen molar-refractivity contribution in [3.05, 3.63) is 41.6 Å². The van der Waals surface area contributed by atoms with Gasteiger partial charge in [0.2, 0.25) is 11.8 Å². The van der Waals surface area contributed by atoms with Crippen molar-refractivity contribution in [1.82, 2.24) is 30.0 Å². The van der Waals surface area contributed by atoms with Crippen molar-refractivity contribution in [2.75, 3.05) is 0 Å². The summed E-state index contributed by atoms with van der Waals surface area (Å²) in [7, 11) is 0. The van der Waals surface area contributed by atoms with Gasteiger partial charge in [0, 0.05) is 42.4 Å². The van der Waals surface area contributed by atoms with Crippen molar-refractivity contribution in [3.8, 4) is 11.1 Å². The van der Waals surface area contributed by atoms with E-state index in [1.165, 1.54) is 6.92 Å². The normalized spacial score (nSPS) is 21.9. The minimum Gasteiger partial charge on any atom is -0.352 e. The van der Waals surface area contributed by atoms with Crippen LogP contribution in [0.1, 0.15) is 95.5 Å². The summed E-state index contributed by atoms with van der Waals surface area (Å²) in [5.74, 6) is 1.37. The first-order valence-corrected chi connectivity index (χ1v) is 15.7. The van der Waals surface area contributed by atoms with Crippen LogP contribution in [0.4, 0.5) is 0 Å². The lowest BCUT2D eigenvalue weighted by atomic mass is 9.95. The predicted octanol–water partition coefficient (Wildman–Crippen LogP) is 5.66. The Morgan fingerprint density at radius 1 is 1.00 bits per heavy atom. The van der Waals surface area contributed by atoms with Crippen LogP contribution in [0.2, 0.25) is 0 Å². The van der Waals surface area contributed by atoms with E-state index in [1.54, 1.807) is 17.1 Å². The van der Waals surface area contributed by atoms with Crippen molar-refractivity contribution >= 4 is 28.5 Å². The first-order valence-electron chi connectivity index (χ1n) is 15.7. The van der Waals surface area contributed by atoms with Gasteiger partial charge in [-0.1, -0.05) is 34.6 Å². The van der Waals surface area contributed by atoms with Crippen LogP contribution >= 0.6 is 0 Å². The van der Waals surface area contributed by atoms with E-state index in [4.69, 9.17) is 0 Å². The minimum atomic E-state index is -0.492. The van der Waals surface area contributed by atoms with Crippen LogP contribution in [0.25, 0.3) is 22.0 Å². The third-order valence-corrected chi connectivity index (χ3v) is 9.19. The van der Waals surface area contributed by atoms with Gasteiger partial charge in [0.05, 0.1) is 5.52 Å². The number of carbonyl (C=O) groups is 3. The third kappa shape index (κ3) is 6.36. The molecule has 0 spiro atoms. The topological polar surface area (TPSA) is 110 Å². The summed E-state index contributed by atoms with van der Waals surface area (Å²) in [4.78, 5) is 50.9. The monoisotopic (exact) mass is 586 g/mol. The number of carbonyl (C=O) groups excluding carboxylic acids is 3. The highest BCUT2D eigenvalue weighted by atomic mass is 16.2. The Labute approximate surface area is 254 Å². The number of aromatic nitrogens is 4. The molecule has 3 heterocycles. The molecule has 2 amide bonds. The summed E-state index contributed by atoms with van der Waals surface area (Å²) < 4.78 is 1.65. The standard InChI is InChI=1S/C34H46N6O3/c1-19(2)9-10-26(11-20(3)4)37-33(43)28-14-34(8)15-29(34)40(28)30(42)18-39-32-21(5)12-24(25-16-35-23(7)36-17-25)13-27(32)31(38-39)22(6)41/h12-13,16-17,19-20,26,28-29H,9-11,14-15,18H2,1-8H3,(H,37,43)/t26-,28-,29+,34-/m0/s1. The maximum atomic E-state index is 14.0. The average Bonchev–Trinajstić information content (AvgIpc) is 3.28. The first kappa shape index (κ1) is 30.8. The molecule has 43 heavy (non-hydrogen) atoms. The Balaban J connectivity index is 1.42. The molecular formula is C34H46N6O3. The fourth-order valence-electron chi connectivity index (χ4n) is 6.83. The largest absolute Gasteiger partial charge is 0.352 e. The summed E-state index contributed by atoms with van der Waals surface area (Å²) in [6, 6.07) is 3.60. The quantitative estimate of drug-likeness (QED) is 0.291. The number of hydrogen-bond donors (Lipinski definition) is 1. The smallest absolute Gasteiger partial charge is 0.245 e. The number of aryl methyl sites for hydroxylation is 2. The van der Waals surface area contributed by atoms with Crippen LogP contribution < -0.4 is 5.32 Å². The lowest BCUT2D eigenvalue weighted by molar-refractivity contribution is -0.140. The molecule has 2 aromatic heterocycles. The molecule has 1 saturated heterocycles. The van der Waals surface area contributed by atoms with Crippen LogP contribution in [-0.2, 0) is 16.1 Å². The molecule has 5 rings (SSSR count). The number of hydrogen-bond acceptors (Lipinski definition) is 6. The number of benzene rings is 1. The van der Waals surface area contributed by atoms with E-state index in [0.29, 0.717) is 35.2 Å². The van der Waals surface area contributed by atoms with E-state index in [1.807, 2.05) is 30.9 Å². The van der Waals surface area contributed by atoms with Crippen LogP contribution in [0.5, 0.6) is 0 Å². The molecule has 2 aliphatic rings. The van der Waals surface area contributed by atoms with Gasteiger partial charge in [-0.2, -0.15) is 5.10 Å². The molecule has 4 atom stereocenters. The SMILES string of the molecule is CC(=O)c1nn(CC(=O)N2[C@H](C(=O)N[C@@H](CCC(C)C)CC(C)C)C[C@@]3(C)C[C@@H]23)c2c(C)cc(-c3cnc(C)nc3)cc12. The van der Waals surface area contributed by atoms with Crippen LogP contribution in [-0.4, -0.2) is 60.4 Å². The molecule has 230 valence electrons. The Morgan fingerprint density at radius 2 is 1.70 bits per heavy atom. The number of Topliss-reactive ketones (excluding diaryl/α,β-unsaturated/α-hetero) is 1. The summed E-state index contributed by atoms with van der Waals surface area (Å²) >= 11 is 0. The van der Waals surface area contributed by atoms with Crippen LogP contribution in [0.3, 0.4) is 0 Å². The summed E-state index contributed by atoms with van der Waals surface area (Å²) in [6.45, 7) is 16.2. The van der Waals surface area contributed by atoms with E-state index < -0.39 is 6.04 Å². The fourth-order valence-corrected chi connectivity index (χ4v) is 6.83. The highest BCUT2D eigenvalue weighted by Gasteiger charge is 2.64. The Morgan fingerprint density at radius 3 is 2.33 bits per heavy atom. The molecule has 0 radical (unpaired) electrons. The molecule has 9 nitrogen and oxygen atoms in total. The molecule has 0 unspecified atom stereocenters. The molecule has 1 aromatic carbocycles. The van der Waals surface area contributed by atoms with Gasteiger partial charge in [0.1, 0.15) is 24.1 Å². The molecule has 1 aliphatic carbocycles. The van der Waals surface area contributed by atoms with Gasteiger partial charge in [0.25, 0.3) is 0 Å². The van der Waals surface area contributed by atoms with Crippen molar-refractivity contribution in [2.45, 2.75) is 112 Å². The number of amides is 2. The second kappa shape index (κ2) is 11.8. The number of rotatable bonds is 11. The van der Waals surface area contributed by atoms with Gasteiger partial charge in [-0.05, 0) is 86.5 Å². The van der Waals surface area contributed by atoms with Gasteiger partial charge in [0.15, 0.2) is 5.78 Å². The van der Waals surface area contributed by atoms with E-state index in [-0.39, 0.29) is 41.6 Å². The van der Waals surface area contributed by atoms with Gasteiger partial charge in [-0.25, -0.2) is 9.97 Å². The zero-order chi connectivity index (χ0) is 31.2. The summed E-state index contributed by atoms with van der Waals surface area (Å²) in [5, 5.41) is 8.67. The fraction of sp³-hybridized carbons (Fsp3) is 0.588. The van der Waals surface area contributed by atoms with Gasteiger partial charge in [-0.3, -0.25) is 19.1 Å². The van der Waals surface area contributed by atoms with E-state index in [0.717, 1.165) is 47.9 Å². The highest BCUT2D eigenvalue weighted by Crippen LogP contribution is 2.59. The number of ketones is 1. The lowest BCUT2D eigenvalue weighted by Crippen LogP contribution is -2.51. The summed E-state index contributed by atoms with van der Waals surface area (Å²) in [5.41, 5.74) is 3.68. The molecule has 0 bridgehead atoms. The van der Waals surface area contributed by atoms with E-state index in [2.05, 4.69) is 55.0 Å². The van der Waals surface area contributed by atoms with Crippen molar-refractivity contribution in [3.63, 3.8) is 0 Å². The molecule has 3 aromatic rings. The first-order chi connectivity index (χ1) is 20.3. The second-order valence-electron chi connectivity index (χ2n) is 14.0. The van der Waals surface area contributed by atoms with Gasteiger partial charge in [-0.15, -0.1) is 0 Å². The zero-order valence-electron chi connectivity index (χ0n) is 26.9. The molecule has 9 heteroatoms. The molecule has 1 N–H and O–H groups in total. The summed E-state index contributed by atoms with van der Waals surface area (Å²) in [6.07, 6.45) is 8.02. The lowest BCUT2D eigenvalue weighted by Gasteiger charge is -2.30. The Hall–Kier alpha value is -3.62. The number of fused-ring (bicyclic) bond motifs is 2.